The fraction of sp³-hybridized carbons (Fsp3) is 0.385. The van der Waals surface area contributed by atoms with E-state index in [2.05, 4.69) is 4.98 Å². The average molecular weight is 476 g/mol. The van der Waals surface area contributed by atoms with E-state index in [9.17, 15) is 9.59 Å². The number of ether oxygens (including phenoxy) is 2. The molecule has 182 valence electrons. The highest BCUT2D eigenvalue weighted by Gasteiger charge is 2.38. The molecular formula is C26H29N5O4. The van der Waals surface area contributed by atoms with Crippen molar-refractivity contribution >= 4 is 11.8 Å². The minimum Gasteiger partial charge on any atom is -0.496 e. The number of carbonyl (C=O) groups excluding carboxylic acids is 2. The highest BCUT2D eigenvalue weighted by molar-refractivity contribution is 5.97. The molecule has 0 spiro atoms. The third-order valence-electron chi connectivity index (χ3n) is 6.90. The molecule has 1 aromatic carbocycles. The van der Waals surface area contributed by atoms with Gasteiger partial charge in [-0.05, 0) is 50.5 Å². The van der Waals surface area contributed by atoms with Crippen molar-refractivity contribution < 1.29 is 19.1 Å². The Morgan fingerprint density at radius 1 is 1.14 bits per heavy atom. The lowest BCUT2D eigenvalue weighted by Gasteiger charge is -2.41. The van der Waals surface area contributed by atoms with Gasteiger partial charge in [0.25, 0.3) is 5.91 Å². The number of fused-ring (bicyclic) bond motifs is 3. The molecule has 9 heteroatoms. The van der Waals surface area contributed by atoms with Crippen LogP contribution in [0.15, 0.2) is 30.6 Å². The van der Waals surface area contributed by atoms with E-state index in [0.717, 1.165) is 39.9 Å². The van der Waals surface area contributed by atoms with E-state index in [-0.39, 0.29) is 5.91 Å². The van der Waals surface area contributed by atoms with E-state index < -0.39 is 11.4 Å². The Bertz CT molecular complexity index is 1340. The summed E-state index contributed by atoms with van der Waals surface area (Å²) in [5.41, 5.74) is 11.4. The number of morpholine rings is 1. The van der Waals surface area contributed by atoms with Gasteiger partial charge in [-0.3, -0.25) is 19.3 Å². The molecule has 0 bridgehead atoms. The van der Waals surface area contributed by atoms with Crippen molar-refractivity contribution in [2.24, 2.45) is 12.8 Å². The summed E-state index contributed by atoms with van der Waals surface area (Å²) in [6.45, 7) is 5.59. The molecule has 0 atom stereocenters. The summed E-state index contributed by atoms with van der Waals surface area (Å²) in [5.74, 6) is 0.0780. The van der Waals surface area contributed by atoms with Crippen LogP contribution in [-0.4, -0.2) is 63.9 Å². The molecule has 35 heavy (non-hydrogen) atoms. The number of methoxy groups -OCH3 is 1. The quantitative estimate of drug-likeness (QED) is 0.621. The third kappa shape index (κ3) is 3.85. The summed E-state index contributed by atoms with van der Waals surface area (Å²) in [6, 6.07) is 5.76. The van der Waals surface area contributed by atoms with Gasteiger partial charge in [0.1, 0.15) is 5.75 Å². The third-order valence-corrected chi connectivity index (χ3v) is 6.90. The minimum atomic E-state index is -0.542. The minimum absolute atomic E-state index is 0.0642. The fourth-order valence-corrected chi connectivity index (χ4v) is 5.10. The molecule has 2 N–H and O–H groups in total. The first-order valence-corrected chi connectivity index (χ1v) is 11.6. The number of hydrogen-bond acceptors (Lipinski definition) is 6. The van der Waals surface area contributed by atoms with Crippen LogP contribution in [0.4, 0.5) is 0 Å². The average Bonchev–Trinajstić information content (AvgIpc) is 3.19. The number of nitrogens with zero attached hydrogens (tertiary/aromatic N) is 4. The zero-order valence-corrected chi connectivity index (χ0v) is 20.4. The van der Waals surface area contributed by atoms with E-state index in [4.69, 9.17) is 20.3 Å². The fourth-order valence-electron chi connectivity index (χ4n) is 5.10. The van der Waals surface area contributed by atoms with Gasteiger partial charge in [-0.2, -0.15) is 5.10 Å². The monoisotopic (exact) mass is 475 g/mol. The Labute approximate surface area is 203 Å². The maximum absolute atomic E-state index is 13.6. The molecule has 5 rings (SSSR count). The largest absolute Gasteiger partial charge is 0.496 e. The molecule has 0 radical (unpaired) electrons. The van der Waals surface area contributed by atoms with Crippen LogP contribution in [0.1, 0.15) is 45.8 Å². The number of hydrogen-bond donors (Lipinski definition) is 1. The molecule has 1 aliphatic heterocycles. The second-order valence-electron chi connectivity index (χ2n) is 9.66. The van der Waals surface area contributed by atoms with Gasteiger partial charge >= 0.3 is 0 Å². The molecule has 3 heterocycles. The Balaban J connectivity index is 1.62. The zero-order valence-electron chi connectivity index (χ0n) is 20.4. The highest BCUT2D eigenvalue weighted by atomic mass is 16.5. The Morgan fingerprint density at radius 3 is 2.66 bits per heavy atom. The van der Waals surface area contributed by atoms with Gasteiger partial charge in [-0.25, -0.2) is 0 Å². The molecule has 0 unspecified atom stereocenters. The lowest BCUT2D eigenvalue weighted by Crippen LogP contribution is -2.55. The van der Waals surface area contributed by atoms with Crippen LogP contribution in [0.5, 0.6) is 5.75 Å². The molecular weight excluding hydrogens is 446 g/mol. The Kier molecular flexibility index (Phi) is 5.59. The maximum atomic E-state index is 13.6. The maximum Gasteiger partial charge on any atom is 0.275 e. The van der Waals surface area contributed by atoms with Crippen molar-refractivity contribution in [3.8, 4) is 28.1 Å². The second kappa shape index (κ2) is 8.49. The predicted molar refractivity (Wildman–Crippen MR) is 130 cm³/mol. The number of primary amides is 1. The van der Waals surface area contributed by atoms with Gasteiger partial charge in [0.15, 0.2) is 5.69 Å². The first kappa shape index (κ1) is 23.0. The van der Waals surface area contributed by atoms with E-state index in [1.807, 2.05) is 37.9 Å². The van der Waals surface area contributed by atoms with E-state index in [1.165, 1.54) is 6.20 Å². The van der Waals surface area contributed by atoms with E-state index >= 15 is 0 Å². The molecule has 2 aromatic heterocycles. The van der Waals surface area contributed by atoms with Gasteiger partial charge in [0.2, 0.25) is 5.91 Å². The molecule has 1 fully saturated rings. The van der Waals surface area contributed by atoms with Gasteiger partial charge < -0.3 is 20.1 Å². The summed E-state index contributed by atoms with van der Waals surface area (Å²) in [4.78, 5) is 31.4. The molecule has 3 aromatic rings. The van der Waals surface area contributed by atoms with Crippen molar-refractivity contribution in [2.75, 3.05) is 26.9 Å². The molecule has 1 saturated heterocycles. The zero-order chi connectivity index (χ0) is 24.9. The molecule has 2 amide bonds. The van der Waals surface area contributed by atoms with Crippen LogP contribution in [-0.2, 0) is 24.6 Å². The molecule has 1 aliphatic carbocycles. The van der Waals surface area contributed by atoms with Crippen molar-refractivity contribution in [1.82, 2.24) is 19.7 Å². The van der Waals surface area contributed by atoms with Gasteiger partial charge in [-0.1, -0.05) is 0 Å². The number of aryl methyl sites for hydroxylation is 2. The number of rotatable bonds is 4. The Hall–Kier alpha value is -3.72. The van der Waals surface area contributed by atoms with Crippen LogP contribution in [0.2, 0.25) is 0 Å². The normalized spacial score (nSPS) is 16.4. The SMILES string of the molecule is COc1cc2c(cc1-c1cncc(C(N)=O)c1)-c1c(c(C(=O)N3CCOCC3(C)C)nn1C)CC2. The first-order chi connectivity index (χ1) is 16.7. The first-order valence-electron chi connectivity index (χ1n) is 11.6. The number of aromatic nitrogens is 3. The lowest BCUT2D eigenvalue weighted by atomic mass is 9.86. The topological polar surface area (TPSA) is 113 Å². The van der Waals surface area contributed by atoms with E-state index in [1.54, 1.807) is 24.1 Å². The van der Waals surface area contributed by atoms with Crippen LogP contribution >= 0.6 is 0 Å². The van der Waals surface area contributed by atoms with Crippen molar-refractivity contribution in [3.05, 3.63) is 53.0 Å². The van der Waals surface area contributed by atoms with E-state index in [0.29, 0.717) is 43.2 Å². The van der Waals surface area contributed by atoms with Gasteiger partial charge in [-0.15, -0.1) is 0 Å². The summed E-state index contributed by atoms with van der Waals surface area (Å²) in [5, 5.41) is 4.69. The molecule has 9 nitrogen and oxygen atoms in total. The standard InChI is InChI=1S/C26H29N5O4/c1-26(2)14-35-8-7-31(26)25(33)22-18-6-5-15-10-21(34-4)19(11-20(15)23(18)30(3)29-22)16-9-17(24(27)32)13-28-12-16/h9-13H,5-8,14H2,1-4H3,(H2,27,32). The van der Waals surface area contributed by atoms with Crippen molar-refractivity contribution in [3.63, 3.8) is 0 Å². The summed E-state index contributed by atoms with van der Waals surface area (Å²) >= 11 is 0. The highest BCUT2D eigenvalue weighted by Crippen LogP contribution is 2.42. The molecule has 0 saturated carbocycles. The van der Waals surface area contributed by atoms with Crippen LogP contribution in [0.25, 0.3) is 22.4 Å². The van der Waals surface area contributed by atoms with Crippen LogP contribution in [0, 0.1) is 0 Å². The van der Waals surface area contributed by atoms with Crippen molar-refractivity contribution in [2.45, 2.75) is 32.2 Å². The van der Waals surface area contributed by atoms with Crippen LogP contribution < -0.4 is 10.5 Å². The lowest BCUT2D eigenvalue weighted by molar-refractivity contribution is -0.0373. The van der Waals surface area contributed by atoms with Crippen molar-refractivity contribution in [1.29, 1.82) is 0 Å². The number of benzene rings is 1. The Morgan fingerprint density at radius 2 is 1.94 bits per heavy atom. The van der Waals surface area contributed by atoms with Gasteiger partial charge in [0, 0.05) is 48.2 Å². The number of pyridine rings is 1. The number of amides is 2. The smallest absolute Gasteiger partial charge is 0.275 e. The number of carbonyl (C=O) groups is 2. The van der Waals surface area contributed by atoms with Gasteiger partial charge in [0.05, 0.1) is 37.1 Å². The second-order valence-corrected chi connectivity index (χ2v) is 9.66. The van der Waals surface area contributed by atoms with Crippen LogP contribution in [0.3, 0.4) is 0 Å². The summed E-state index contributed by atoms with van der Waals surface area (Å²) in [7, 11) is 3.49. The predicted octanol–water partition coefficient (Wildman–Crippen LogP) is 2.61. The molecule has 2 aliphatic rings. The summed E-state index contributed by atoms with van der Waals surface area (Å²) < 4.78 is 13.1. The summed E-state index contributed by atoms with van der Waals surface area (Å²) in [6.07, 6.45) is 4.60. The number of nitrogens with two attached hydrogens (primary N) is 1.